The van der Waals surface area contributed by atoms with Gasteiger partial charge in [-0.15, -0.1) is 0 Å². The molecule has 5 heteroatoms. The zero-order chi connectivity index (χ0) is 4.99. The number of aliphatic hydroxyl groups excluding tert-OH is 3. The van der Waals surface area contributed by atoms with Crippen LogP contribution in [0.3, 0.4) is 0 Å². The molecule has 0 aliphatic rings. The number of hydrogen-bond acceptors (Lipinski definition) is 3. The average molecular weight is 242 g/mol. The Balaban J connectivity index is -0.000000125. The van der Waals surface area contributed by atoms with Crippen LogP contribution in [-0.2, 0) is 0 Å². The Morgan fingerprint density at radius 2 is 1.38 bits per heavy atom. The van der Waals surface area contributed by atoms with Crippen LogP contribution in [0.5, 0.6) is 0 Å². The number of aliphatic hydroxyl groups is 3. The zero-order valence-electron chi connectivity index (χ0n) is 4.71. The van der Waals surface area contributed by atoms with Gasteiger partial charge in [-0.1, -0.05) is 0 Å². The van der Waals surface area contributed by atoms with Gasteiger partial charge < -0.3 is 39.3 Å². The van der Waals surface area contributed by atoms with E-state index in [1.54, 1.807) is 0 Å². The molecule has 0 spiro atoms. The van der Waals surface area contributed by atoms with E-state index >= 15 is 0 Å². The van der Waals surface area contributed by atoms with Crippen molar-refractivity contribution in [1.82, 2.24) is 0 Å². The van der Waals surface area contributed by atoms with E-state index in [1.165, 1.54) is 0 Å². The minimum Gasteiger partial charge on any atom is -1.00 e. The molecule has 0 radical (unpaired) electrons. The van der Waals surface area contributed by atoms with Gasteiger partial charge in [-0.2, -0.15) is 0 Å². The standard InChI is InChI=1S/C3H8O3.HI.Na/c4-1-3(6)2-5;;/h3-6H,1-2H2;1H;/q;;+1/p-1. The van der Waals surface area contributed by atoms with E-state index in [0.29, 0.717) is 0 Å². The predicted octanol–water partition coefficient (Wildman–Crippen LogP) is -7.66. The molecule has 46 valence electrons. The third-order valence-electron chi connectivity index (χ3n) is 0.421. The fraction of sp³-hybridized carbons (Fsp3) is 1.00. The Bertz CT molecular complexity index is 33.7. The number of hydrogen-bond donors (Lipinski definition) is 3. The van der Waals surface area contributed by atoms with Gasteiger partial charge in [0.15, 0.2) is 0 Å². The SMILES string of the molecule is OCC(O)CO.[I-].[Na+]. The smallest absolute Gasteiger partial charge is 1.00 e. The van der Waals surface area contributed by atoms with E-state index < -0.39 is 6.10 Å². The molecule has 0 amide bonds. The maximum atomic E-state index is 8.17. The van der Waals surface area contributed by atoms with E-state index in [1.807, 2.05) is 0 Å². The molecule has 0 atom stereocenters. The van der Waals surface area contributed by atoms with Crippen LogP contribution in [0.25, 0.3) is 0 Å². The summed E-state index contributed by atoms with van der Waals surface area (Å²) in [5.41, 5.74) is 0. The van der Waals surface area contributed by atoms with Crippen molar-refractivity contribution in [2.75, 3.05) is 13.2 Å². The first kappa shape index (κ1) is 16.3. The van der Waals surface area contributed by atoms with Crippen LogP contribution in [0.1, 0.15) is 0 Å². The van der Waals surface area contributed by atoms with Crippen LogP contribution in [0, 0.1) is 0 Å². The first-order chi connectivity index (χ1) is 2.81. The van der Waals surface area contributed by atoms with Gasteiger partial charge in [0.05, 0.1) is 13.2 Å². The van der Waals surface area contributed by atoms with E-state index in [0.717, 1.165) is 0 Å². The van der Waals surface area contributed by atoms with Crippen molar-refractivity contribution in [2.24, 2.45) is 0 Å². The molecule has 0 aromatic rings. The molecule has 3 nitrogen and oxygen atoms in total. The Morgan fingerprint density at radius 3 is 1.38 bits per heavy atom. The summed E-state index contributed by atoms with van der Waals surface area (Å²) in [6.07, 6.45) is -0.954. The van der Waals surface area contributed by atoms with Crippen LogP contribution in [0.4, 0.5) is 0 Å². The monoisotopic (exact) mass is 242 g/mol. The van der Waals surface area contributed by atoms with Crippen LogP contribution in [-0.4, -0.2) is 34.6 Å². The maximum absolute atomic E-state index is 8.17. The summed E-state index contributed by atoms with van der Waals surface area (Å²) >= 11 is 0. The average Bonchev–Trinajstić information content (AvgIpc) is 1.65. The van der Waals surface area contributed by atoms with E-state index in [-0.39, 0.29) is 66.7 Å². The van der Waals surface area contributed by atoms with Gasteiger partial charge in [-0.25, -0.2) is 0 Å². The summed E-state index contributed by atoms with van der Waals surface area (Å²) in [7, 11) is 0. The normalized spacial score (nSPS) is 7.50. The van der Waals surface area contributed by atoms with Crippen molar-refractivity contribution < 1.29 is 68.9 Å². The Kier molecular flexibility index (Phi) is 23.3. The second-order valence-electron chi connectivity index (χ2n) is 1.02. The second-order valence-corrected chi connectivity index (χ2v) is 1.02. The molecule has 0 aliphatic carbocycles. The van der Waals surface area contributed by atoms with Crippen LogP contribution in [0.15, 0.2) is 0 Å². The molecular weight excluding hydrogens is 234 g/mol. The van der Waals surface area contributed by atoms with Gasteiger partial charge in [0.1, 0.15) is 6.10 Å². The fourth-order valence-corrected chi connectivity index (χ4v) is 0.0577. The minimum absolute atomic E-state index is 0. The molecule has 0 aromatic carbocycles. The summed E-state index contributed by atoms with van der Waals surface area (Å²) in [5, 5.41) is 24.0. The topological polar surface area (TPSA) is 60.7 Å². The van der Waals surface area contributed by atoms with Crippen molar-refractivity contribution in [2.45, 2.75) is 6.10 Å². The van der Waals surface area contributed by atoms with Crippen LogP contribution >= 0.6 is 0 Å². The molecule has 0 fully saturated rings. The van der Waals surface area contributed by atoms with Crippen molar-refractivity contribution in [1.29, 1.82) is 0 Å². The Morgan fingerprint density at radius 1 is 1.12 bits per heavy atom. The quantitative estimate of drug-likeness (QED) is 0.333. The molecule has 8 heavy (non-hydrogen) atoms. The summed E-state index contributed by atoms with van der Waals surface area (Å²) in [6, 6.07) is 0. The van der Waals surface area contributed by atoms with Gasteiger partial charge in [0.2, 0.25) is 0 Å². The second kappa shape index (κ2) is 11.4. The van der Waals surface area contributed by atoms with Crippen molar-refractivity contribution in [3.8, 4) is 0 Å². The van der Waals surface area contributed by atoms with Crippen LogP contribution in [0.2, 0.25) is 0 Å². The van der Waals surface area contributed by atoms with Crippen LogP contribution < -0.4 is 53.5 Å². The molecule has 0 aromatic heterocycles. The Hall–Kier alpha value is 1.61. The zero-order valence-corrected chi connectivity index (χ0v) is 8.87. The van der Waals surface area contributed by atoms with Crippen molar-refractivity contribution >= 4 is 0 Å². The van der Waals surface area contributed by atoms with Crippen molar-refractivity contribution in [3.05, 3.63) is 0 Å². The van der Waals surface area contributed by atoms with Gasteiger partial charge in [-0.3, -0.25) is 0 Å². The summed E-state index contributed by atoms with van der Waals surface area (Å²) in [5.74, 6) is 0. The first-order valence-corrected chi connectivity index (χ1v) is 1.71. The molecule has 0 bridgehead atoms. The third kappa shape index (κ3) is 10.6. The molecule has 0 unspecified atom stereocenters. The number of halogens is 1. The number of rotatable bonds is 2. The van der Waals surface area contributed by atoms with E-state index in [9.17, 15) is 0 Å². The third-order valence-corrected chi connectivity index (χ3v) is 0.421. The summed E-state index contributed by atoms with van der Waals surface area (Å²) in [4.78, 5) is 0. The first-order valence-electron chi connectivity index (χ1n) is 1.71. The minimum atomic E-state index is -0.954. The predicted molar refractivity (Wildman–Crippen MR) is 20.2 cm³/mol. The summed E-state index contributed by atoms with van der Waals surface area (Å²) < 4.78 is 0. The fourth-order valence-electron chi connectivity index (χ4n) is 0.0577. The molecule has 0 aliphatic heterocycles. The van der Waals surface area contributed by atoms with Crippen molar-refractivity contribution in [3.63, 3.8) is 0 Å². The van der Waals surface area contributed by atoms with E-state index in [4.69, 9.17) is 15.3 Å². The molecule has 0 heterocycles. The maximum Gasteiger partial charge on any atom is 1.00 e. The Labute approximate surface area is 87.4 Å². The summed E-state index contributed by atoms with van der Waals surface area (Å²) in [6.45, 7) is -0.729. The molecule has 0 saturated carbocycles. The van der Waals surface area contributed by atoms with E-state index in [2.05, 4.69) is 0 Å². The van der Waals surface area contributed by atoms with Gasteiger partial charge in [0, 0.05) is 0 Å². The molecule has 0 rings (SSSR count). The largest absolute Gasteiger partial charge is 1.00 e. The van der Waals surface area contributed by atoms with Gasteiger partial charge in [0.25, 0.3) is 0 Å². The molecule has 0 saturated heterocycles. The van der Waals surface area contributed by atoms with Gasteiger partial charge in [-0.05, 0) is 0 Å². The van der Waals surface area contributed by atoms with Gasteiger partial charge >= 0.3 is 29.6 Å². The molecular formula is C3H8INaO3. The molecule has 3 N–H and O–H groups in total.